The van der Waals surface area contributed by atoms with Gasteiger partial charge in [-0.2, -0.15) is 0 Å². The Morgan fingerprint density at radius 3 is 2.47 bits per heavy atom. The zero-order valence-electron chi connectivity index (χ0n) is 9.27. The molecule has 1 aromatic rings. The number of benzene rings is 1. The summed E-state index contributed by atoms with van der Waals surface area (Å²) in [5.74, 6) is 1.92. The number of esters is 1. The predicted molar refractivity (Wildman–Crippen MR) is 58.0 cm³/mol. The molecule has 3 aliphatic rings. The molecule has 0 radical (unpaired) electrons. The van der Waals surface area contributed by atoms with Gasteiger partial charge < -0.3 is 14.2 Å². The van der Waals surface area contributed by atoms with E-state index < -0.39 is 0 Å². The summed E-state index contributed by atoms with van der Waals surface area (Å²) in [7, 11) is 0. The molecule has 0 bridgehead atoms. The Hall–Kier alpha value is -1.71. The van der Waals surface area contributed by atoms with Crippen LogP contribution in [0.1, 0.15) is 17.5 Å². The number of hydrogen-bond acceptors (Lipinski definition) is 4. The third kappa shape index (κ3) is 1.33. The lowest BCUT2D eigenvalue weighted by Crippen LogP contribution is -2.26. The minimum absolute atomic E-state index is 0.0622. The van der Waals surface area contributed by atoms with E-state index in [9.17, 15) is 4.79 Å². The highest BCUT2D eigenvalue weighted by Crippen LogP contribution is 2.41. The van der Waals surface area contributed by atoms with Crippen molar-refractivity contribution in [1.82, 2.24) is 0 Å². The molecule has 0 amide bonds. The molecule has 1 fully saturated rings. The third-order valence-electron chi connectivity index (χ3n) is 3.84. The van der Waals surface area contributed by atoms with Crippen LogP contribution in [0.2, 0.25) is 0 Å². The molecule has 4 heteroatoms. The minimum Gasteiger partial charge on any atom is -0.462 e. The van der Waals surface area contributed by atoms with E-state index in [4.69, 9.17) is 14.2 Å². The van der Waals surface area contributed by atoms with Crippen LogP contribution < -0.4 is 9.47 Å². The van der Waals surface area contributed by atoms with Gasteiger partial charge in [-0.05, 0) is 29.7 Å². The van der Waals surface area contributed by atoms with Gasteiger partial charge in [0.05, 0.1) is 6.42 Å². The molecule has 0 spiro atoms. The highest BCUT2D eigenvalue weighted by atomic mass is 16.7. The van der Waals surface area contributed by atoms with Gasteiger partial charge in [-0.1, -0.05) is 0 Å². The molecule has 0 unspecified atom stereocenters. The second kappa shape index (κ2) is 3.15. The highest BCUT2D eigenvalue weighted by molar-refractivity contribution is 5.72. The van der Waals surface area contributed by atoms with Crippen LogP contribution in [0, 0.1) is 5.92 Å². The van der Waals surface area contributed by atoms with Crippen molar-refractivity contribution < 1.29 is 19.0 Å². The fourth-order valence-electron chi connectivity index (χ4n) is 2.98. The Balaban J connectivity index is 1.74. The lowest BCUT2D eigenvalue weighted by molar-refractivity contribution is -0.141. The van der Waals surface area contributed by atoms with Crippen LogP contribution >= 0.6 is 0 Å². The van der Waals surface area contributed by atoms with Crippen LogP contribution in [-0.4, -0.2) is 18.9 Å². The fraction of sp³-hybridized carbons (Fsp3) is 0.462. The van der Waals surface area contributed by atoms with E-state index in [1.54, 1.807) is 0 Å². The first-order valence-corrected chi connectivity index (χ1v) is 5.90. The van der Waals surface area contributed by atoms with Gasteiger partial charge in [0.2, 0.25) is 6.79 Å². The lowest BCUT2D eigenvalue weighted by atomic mass is 9.81. The fourth-order valence-corrected chi connectivity index (χ4v) is 2.98. The van der Waals surface area contributed by atoms with Gasteiger partial charge in [0, 0.05) is 12.3 Å². The van der Waals surface area contributed by atoms with Crippen molar-refractivity contribution in [2.45, 2.75) is 25.4 Å². The van der Waals surface area contributed by atoms with Gasteiger partial charge in [-0.15, -0.1) is 0 Å². The Labute approximate surface area is 98.5 Å². The number of hydrogen-bond donors (Lipinski definition) is 0. The zero-order chi connectivity index (χ0) is 11.4. The molecule has 88 valence electrons. The van der Waals surface area contributed by atoms with Crippen molar-refractivity contribution >= 4 is 5.97 Å². The number of carbonyl (C=O) groups is 1. The van der Waals surface area contributed by atoms with Crippen LogP contribution in [0.3, 0.4) is 0 Å². The summed E-state index contributed by atoms with van der Waals surface area (Å²) in [6, 6.07) is 4.08. The van der Waals surface area contributed by atoms with E-state index in [0.717, 1.165) is 24.3 Å². The number of rotatable bonds is 0. The molecule has 0 saturated carbocycles. The summed E-state index contributed by atoms with van der Waals surface area (Å²) in [4.78, 5) is 11.3. The van der Waals surface area contributed by atoms with E-state index in [-0.39, 0.29) is 12.1 Å². The molecule has 0 N–H and O–H groups in total. The van der Waals surface area contributed by atoms with E-state index >= 15 is 0 Å². The Morgan fingerprint density at radius 2 is 1.71 bits per heavy atom. The van der Waals surface area contributed by atoms with Crippen molar-refractivity contribution in [3.05, 3.63) is 23.3 Å². The maximum absolute atomic E-state index is 11.3. The zero-order valence-corrected chi connectivity index (χ0v) is 9.27. The Morgan fingerprint density at radius 1 is 1.00 bits per heavy atom. The van der Waals surface area contributed by atoms with Crippen LogP contribution in [0.15, 0.2) is 12.1 Å². The summed E-state index contributed by atoms with van der Waals surface area (Å²) in [6.07, 6.45) is 2.33. The first kappa shape index (κ1) is 9.33. The van der Waals surface area contributed by atoms with Gasteiger partial charge in [0.25, 0.3) is 0 Å². The molecule has 4 rings (SSSR count). The average molecular weight is 232 g/mol. The molecule has 0 aromatic heterocycles. The molecule has 2 atom stereocenters. The highest BCUT2D eigenvalue weighted by Gasteiger charge is 2.39. The predicted octanol–water partition coefficient (Wildman–Crippen LogP) is 1.45. The third-order valence-corrected chi connectivity index (χ3v) is 3.84. The average Bonchev–Trinajstić information content (AvgIpc) is 2.86. The number of ether oxygens (including phenoxy) is 3. The number of carbonyl (C=O) groups excluding carboxylic acids is 1. The number of fused-ring (bicyclic) bond motifs is 3. The second-order valence-corrected chi connectivity index (χ2v) is 4.87. The minimum atomic E-state index is -0.0622. The van der Waals surface area contributed by atoms with Gasteiger partial charge in [-0.25, -0.2) is 0 Å². The molecular weight excluding hydrogens is 220 g/mol. The topological polar surface area (TPSA) is 44.8 Å². The molecule has 2 heterocycles. The maximum Gasteiger partial charge on any atom is 0.306 e. The van der Waals surface area contributed by atoms with Crippen LogP contribution in [0.4, 0.5) is 0 Å². The molecule has 1 aliphatic carbocycles. The first-order valence-electron chi connectivity index (χ1n) is 5.90. The van der Waals surface area contributed by atoms with Crippen LogP contribution in [0.5, 0.6) is 11.5 Å². The summed E-state index contributed by atoms with van der Waals surface area (Å²) >= 11 is 0. The van der Waals surface area contributed by atoms with Crippen LogP contribution in [-0.2, 0) is 22.4 Å². The van der Waals surface area contributed by atoms with Crippen molar-refractivity contribution in [1.29, 1.82) is 0 Å². The normalized spacial score (nSPS) is 28.6. The van der Waals surface area contributed by atoms with Crippen molar-refractivity contribution in [2.24, 2.45) is 5.92 Å². The van der Waals surface area contributed by atoms with Gasteiger partial charge >= 0.3 is 5.97 Å². The standard InChI is InChI=1S/C13H12O4/c14-13-5-9-1-7-3-11-12(16-6-15-11)4-8(7)2-10(9)17-13/h3-4,9-10H,1-2,5-6H2/t9-,10+/m0/s1. The molecule has 4 nitrogen and oxygen atoms in total. The van der Waals surface area contributed by atoms with E-state index in [1.165, 1.54) is 11.1 Å². The Kier molecular flexibility index (Phi) is 1.73. The van der Waals surface area contributed by atoms with Crippen molar-refractivity contribution in [2.75, 3.05) is 6.79 Å². The SMILES string of the molecule is O=C1C[C@@H]2Cc3cc4c(cc3C[C@H]2O1)OCO4. The summed E-state index contributed by atoms with van der Waals surface area (Å²) < 4.78 is 16.1. The molecule has 1 saturated heterocycles. The summed E-state index contributed by atoms with van der Waals surface area (Å²) in [5, 5.41) is 0. The van der Waals surface area contributed by atoms with Gasteiger partial charge in [0.1, 0.15) is 6.10 Å². The van der Waals surface area contributed by atoms with Crippen LogP contribution in [0.25, 0.3) is 0 Å². The summed E-state index contributed by atoms with van der Waals surface area (Å²) in [6.45, 7) is 0.306. The first-order chi connectivity index (χ1) is 8.29. The Bertz CT molecular complexity index is 465. The monoisotopic (exact) mass is 232 g/mol. The maximum atomic E-state index is 11.3. The quantitative estimate of drug-likeness (QED) is 0.635. The van der Waals surface area contributed by atoms with Crippen molar-refractivity contribution in [3.63, 3.8) is 0 Å². The largest absolute Gasteiger partial charge is 0.462 e. The van der Waals surface area contributed by atoms with Gasteiger partial charge in [0.15, 0.2) is 11.5 Å². The lowest BCUT2D eigenvalue weighted by Gasteiger charge is -2.25. The second-order valence-electron chi connectivity index (χ2n) is 4.87. The van der Waals surface area contributed by atoms with Gasteiger partial charge in [-0.3, -0.25) is 4.79 Å². The molecule has 1 aromatic carbocycles. The molecular formula is C13H12O4. The summed E-state index contributed by atoms with van der Waals surface area (Å²) in [5.41, 5.74) is 2.50. The molecule has 17 heavy (non-hydrogen) atoms. The smallest absolute Gasteiger partial charge is 0.306 e. The van der Waals surface area contributed by atoms with E-state index in [1.807, 2.05) is 6.07 Å². The van der Waals surface area contributed by atoms with E-state index in [2.05, 4.69) is 6.07 Å². The van der Waals surface area contributed by atoms with Crippen molar-refractivity contribution in [3.8, 4) is 11.5 Å². The molecule has 2 aliphatic heterocycles. The van der Waals surface area contributed by atoms with E-state index in [0.29, 0.717) is 19.1 Å².